The molecule has 0 radical (unpaired) electrons. The number of rotatable bonds is 3. The van der Waals surface area contributed by atoms with Gasteiger partial charge in [0.1, 0.15) is 11.6 Å². The lowest BCUT2D eigenvalue weighted by molar-refractivity contribution is -0.137. The molecular formula is C17H17F3N4O3. The first-order valence-electron chi connectivity index (χ1n) is 7.96. The highest BCUT2D eigenvalue weighted by Crippen LogP contribution is 2.39. The van der Waals surface area contributed by atoms with Crippen LogP contribution >= 0.6 is 0 Å². The summed E-state index contributed by atoms with van der Waals surface area (Å²) in [5.41, 5.74) is -1.04. The molecule has 0 aliphatic carbocycles. The number of pyridine rings is 2. The number of hydrogen-bond acceptors (Lipinski definition) is 5. The van der Waals surface area contributed by atoms with Crippen molar-refractivity contribution >= 4 is 11.8 Å². The molecule has 2 unspecified atom stereocenters. The molecule has 3 rings (SSSR count). The Morgan fingerprint density at radius 1 is 1.22 bits per heavy atom. The highest BCUT2D eigenvalue weighted by atomic mass is 19.4. The van der Waals surface area contributed by atoms with Crippen molar-refractivity contribution in [2.75, 3.05) is 19.1 Å². The number of carbonyl (C=O) groups is 1. The maximum Gasteiger partial charge on any atom is 0.417 e. The molecule has 0 aromatic carbocycles. The third-order valence-corrected chi connectivity index (χ3v) is 4.52. The van der Waals surface area contributed by atoms with Gasteiger partial charge in [-0.25, -0.2) is 14.7 Å². The van der Waals surface area contributed by atoms with E-state index in [2.05, 4.69) is 9.97 Å². The average molecular weight is 382 g/mol. The molecule has 3 heterocycles. The van der Waals surface area contributed by atoms with Gasteiger partial charge in [-0.2, -0.15) is 13.2 Å². The lowest BCUT2D eigenvalue weighted by Crippen LogP contribution is -2.36. The minimum Gasteiger partial charge on any atom is -0.495 e. The number of carbonyl (C=O) groups excluding carboxylic acids is 1. The van der Waals surface area contributed by atoms with E-state index < -0.39 is 30.0 Å². The van der Waals surface area contributed by atoms with Crippen molar-refractivity contribution < 1.29 is 27.8 Å². The summed E-state index contributed by atoms with van der Waals surface area (Å²) in [5, 5.41) is 10.2. The number of likely N-dealkylation sites (N-methyl/N-ethyl adjacent to an activating group) is 1. The van der Waals surface area contributed by atoms with Crippen molar-refractivity contribution in [1.82, 2.24) is 14.9 Å². The normalized spacial score (nSPS) is 20.3. The molecule has 1 saturated heterocycles. The molecule has 1 N–H and O–H groups in total. The van der Waals surface area contributed by atoms with Gasteiger partial charge in [0.25, 0.3) is 0 Å². The van der Waals surface area contributed by atoms with Gasteiger partial charge in [0.15, 0.2) is 6.23 Å². The van der Waals surface area contributed by atoms with Crippen LogP contribution in [0, 0.1) is 0 Å². The number of anilines is 1. The van der Waals surface area contributed by atoms with Crippen LogP contribution in [0.3, 0.4) is 0 Å². The van der Waals surface area contributed by atoms with E-state index in [1.165, 1.54) is 37.5 Å². The van der Waals surface area contributed by atoms with Gasteiger partial charge in [0.2, 0.25) is 0 Å². The third kappa shape index (κ3) is 3.27. The summed E-state index contributed by atoms with van der Waals surface area (Å²) in [5.74, 6) is 0.0147. The third-order valence-electron chi connectivity index (χ3n) is 4.52. The zero-order valence-electron chi connectivity index (χ0n) is 14.7. The second kappa shape index (κ2) is 6.69. The molecule has 10 heteroatoms. The van der Waals surface area contributed by atoms with Crippen LogP contribution in [-0.2, 0) is 6.18 Å². The predicted molar refractivity (Wildman–Crippen MR) is 90.1 cm³/mol. The first kappa shape index (κ1) is 18.9. The zero-order chi connectivity index (χ0) is 19.9. The Labute approximate surface area is 153 Å². The molecule has 2 atom stereocenters. The molecule has 144 valence electrons. The van der Waals surface area contributed by atoms with Crippen molar-refractivity contribution in [3.63, 3.8) is 0 Å². The van der Waals surface area contributed by atoms with E-state index in [0.717, 1.165) is 17.2 Å². The summed E-state index contributed by atoms with van der Waals surface area (Å²) in [4.78, 5) is 22.2. The first-order chi connectivity index (χ1) is 12.6. The number of methoxy groups -OCH3 is 1. The van der Waals surface area contributed by atoms with E-state index in [4.69, 9.17) is 4.74 Å². The lowest BCUT2D eigenvalue weighted by atomic mass is 10.0. The maximum atomic E-state index is 13.7. The minimum absolute atomic E-state index is 0.166. The van der Waals surface area contributed by atoms with Crippen LogP contribution in [0.5, 0.6) is 5.75 Å². The molecule has 2 aromatic rings. The molecule has 2 amide bonds. The van der Waals surface area contributed by atoms with Crippen LogP contribution in [0.25, 0.3) is 11.1 Å². The van der Waals surface area contributed by atoms with Gasteiger partial charge in [-0.05, 0) is 19.1 Å². The second-order valence-corrected chi connectivity index (χ2v) is 6.12. The van der Waals surface area contributed by atoms with Gasteiger partial charge >= 0.3 is 12.2 Å². The highest BCUT2D eigenvalue weighted by Gasteiger charge is 2.43. The Morgan fingerprint density at radius 3 is 2.48 bits per heavy atom. The number of nitrogens with zero attached hydrogens (tertiary/aromatic N) is 4. The van der Waals surface area contributed by atoms with Gasteiger partial charge in [0.05, 0.1) is 24.9 Å². The van der Waals surface area contributed by atoms with Crippen LogP contribution in [0.2, 0.25) is 0 Å². The summed E-state index contributed by atoms with van der Waals surface area (Å²) >= 11 is 0. The number of hydrogen-bond donors (Lipinski definition) is 1. The van der Waals surface area contributed by atoms with Crippen molar-refractivity contribution in [3.05, 3.63) is 36.3 Å². The van der Waals surface area contributed by atoms with Crippen molar-refractivity contribution in [2.45, 2.75) is 25.4 Å². The Bertz CT molecular complexity index is 875. The Morgan fingerprint density at radius 2 is 1.93 bits per heavy atom. The molecular weight excluding hydrogens is 365 g/mol. The number of aliphatic hydroxyl groups excluding tert-OH is 1. The van der Waals surface area contributed by atoms with Crippen LogP contribution in [-0.4, -0.2) is 52.4 Å². The summed E-state index contributed by atoms with van der Waals surface area (Å²) in [6, 6.07) is 0.939. The molecule has 1 fully saturated rings. The summed E-state index contributed by atoms with van der Waals surface area (Å²) < 4.78 is 46.0. The number of aromatic nitrogens is 2. The van der Waals surface area contributed by atoms with Gasteiger partial charge < -0.3 is 14.7 Å². The fourth-order valence-corrected chi connectivity index (χ4v) is 2.82. The lowest BCUT2D eigenvalue weighted by Gasteiger charge is -2.21. The van der Waals surface area contributed by atoms with Crippen LogP contribution in [0.15, 0.2) is 30.7 Å². The van der Waals surface area contributed by atoms with Crippen molar-refractivity contribution in [2.24, 2.45) is 0 Å². The van der Waals surface area contributed by atoms with Crippen LogP contribution < -0.4 is 9.64 Å². The van der Waals surface area contributed by atoms with E-state index in [0.29, 0.717) is 5.75 Å². The van der Waals surface area contributed by atoms with Gasteiger partial charge in [-0.3, -0.25) is 4.98 Å². The van der Waals surface area contributed by atoms with E-state index in [-0.39, 0.29) is 16.9 Å². The number of ether oxygens (including phenoxy) is 1. The minimum atomic E-state index is -4.71. The molecule has 0 bridgehead atoms. The Hall–Kier alpha value is -2.88. The van der Waals surface area contributed by atoms with Gasteiger partial charge in [-0.15, -0.1) is 0 Å². The Balaban J connectivity index is 2.12. The van der Waals surface area contributed by atoms with Crippen molar-refractivity contribution in [1.29, 1.82) is 0 Å². The van der Waals surface area contributed by atoms with Crippen molar-refractivity contribution in [3.8, 4) is 16.9 Å². The fourth-order valence-electron chi connectivity index (χ4n) is 2.82. The van der Waals surface area contributed by atoms with Gasteiger partial charge in [0, 0.05) is 30.6 Å². The smallest absolute Gasteiger partial charge is 0.417 e. The number of amides is 2. The number of alkyl halides is 3. The Kier molecular flexibility index (Phi) is 4.68. The van der Waals surface area contributed by atoms with Crippen LogP contribution in [0.1, 0.15) is 12.5 Å². The summed E-state index contributed by atoms with van der Waals surface area (Å²) in [6.07, 6.45) is -2.37. The molecule has 0 spiro atoms. The monoisotopic (exact) mass is 382 g/mol. The summed E-state index contributed by atoms with van der Waals surface area (Å²) in [7, 11) is 2.84. The van der Waals surface area contributed by atoms with E-state index in [9.17, 15) is 23.1 Å². The molecule has 7 nitrogen and oxygen atoms in total. The number of urea groups is 1. The van der Waals surface area contributed by atoms with Crippen LogP contribution in [0.4, 0.5) is 23.8 Å². The molecule has 1 aliphatic rings. The SMILES string of the molecule is COc1cncc(-c2cnc(N3C(=O)N(C)C(C)C3O)cc2C(F)(F)F)c1. The fraction of sp³-hybridized carbons (Fsp3) is 0.353. The maximum absolute atomic E-state index is 13.7. The second-order valence-electron chi connectivity index (χ2n) is 6.12. The molecule has 2 aromatic heterocycles. The quantitative estimate of drug-likeness (QED) is 0.883. The topological polar surface area (TPSA) is 78.8 Å². The average Bonchev–Trinajstić information content (AvgIpc) is 2.84. The largest absolute Gasteiger partial charge is 0.495 e. The molecule has 27 heavy (non-hydrogen) atoms. The standard InChI is InChI=1S/C17H17F3N4O3/c1-9-15(25)24(16(26)23(9)2)14-5-13(17(18,19)20)12(8-22-14)10-4-11(27-3)7-21-6-10/h4-9,15,25H,1-3H3. The predicted octanol–water partition coefficient (Wildman–Crippen LogP) is 2.75. The summed E-state index contributed by atoms with van der Waals surface area (Å²) in [6.45, 7) is 1.59. The van der Waals surface area contributed by atoms with E-state index in [1.807, 2.05) is 0 Å². The number of aliphatic hydroxyl groups is 1. The molecule has 1 aliphatic heterocycles. The number of halogens is 3. The molecule has 0 saturated carbocycles. The highest BCUT2D eigenvalue weighted by molar-refractivity contribution is 5.94. The first-order valence-corrected chi connectivity index (χ1v) is 7.96. The van der Waals surface area contributed by atoms with Gasteiger partial charge in [-0.1, -0.05) is 0 Å². The zero-order valence-corrected chi connectivity index (χ0v) is 14.7. The van der Waals surface area contributed by atoms with E-state index in [1.54, 1.807) is 6.92 Å². The van der Waals surface area contributed by atoms with E-state index >= 15 is 0 Å².